The van der Waals surface area contributed by atoms with Crippen molar-refractivity contribution in [1.82, 2.24) is 15.3 Å². The summed E-state index contributed by atoms with van der Waals surface area (Å²) in [5.74, 6) is 1.60. The first kappa shape index (κ1) is 9.87. The monoisotopic (exact) mass is 211 g/mol. The molecule has 76 valence electrons. The summed E-state index contributed by atoms with van der Waals surface area (Å²) in [5.41, 5.74) is 0.371. The minimum absolute atomic E-state index is 0.371. The van der Waals surface area contributed by atoms with E-state index in [9.17, 15) is 0 Å². The Hall–Kier alpha value is -0.670. The number of nitrogens with zero attached hydrogens (tertiary/aromatic N) is 2. The van der Waals surface area contributed by atoms with Crippen molar-refractivity contribution in [1.29, 1.82) is 0 Å². The van der Waals surface area contributed by atoms with Crippen molar-refractivity contribution in [2.24, 2.45) is 5.41 Å². The molecule has 0 radical (unpaired) electrons. The molecule has 0 aromatic carbocycles. The summed E-state index contributed by atoms with van der Waals surface area (Å²) in [6.07, 6.45) is 6.02. The summed E-state index contributed by atoms with van der Waals surface area (Å²) in [7, 11) is 0. The molecule has 1 aliphatic carbocycles. The zero-order valence-electron chi connectivity index (χ0n) is 8.04. The van der Waals surface area contributed by atoms with Crippen molar-refractivity contribution in [3.05, 3.63) is 24.3 Å². The Morgan fingerprint density at radius 3 is 2.64 bits per heavy atom. The van der Waals surface area contributed by atoms with Crippen molar-refractivity contribution >= 4 is 11.6 Å². The van der Waals surface area contributed by atoms with Gasteiger partial charge < -0.3 is 5.32 Å². The first-order valence-corrected chi connectivity index (χ1v) is 5.41. The fourth-order valence-corrected chi connectivity index (χ4v) is 1.76. The summed E-state index contributed by atoms with van der Waals surface area (Å²) in [4.78, 5) is 8.28. The van der Waals surface area contributed by atoms with Crippen LogP contribution >= 0.6 is 11.6 Å². The van der Waals surface area contributed by atoms with E-state index >= 15 is 0 Å². The van der Waals surface area contributed by atoms with Crippen LogP contribution in [0.3, 0.4) is 0 Å². The molecule has 1 saturated carbocycles. The number of nitrogens with one attached hydrogen (secondary N) is 1. The van der Waals surface area contributed by atoms with Crippen LogP contribution in [0.4, 0.5) is 0 Å². The molecule has 1 aliphatic rings. The SMILES string of the molecule is ClCC1(CNCc2ncccn2)CC1. The predicted molar refractivity (Wildman–Crippen MR) is 56.1 cm³/mol. The van der Waals surface area contributed by atoms with E-state index in [4.69, 9.17) is 11.6 Å². The molecule has 1 heterocycles. The van der Waals surface area contributed by atoms with E-state index in [1.54, 1.807) is 12.4 Å². The van der Waals surface area contributed by atoms with Gasteiger partial charge in [-0.05, 0) is 24.3 Å². The maximum absolute atomic E-state index is 5.87. The molecule has 0 bridgehead atoms. The molecule has 0 aliphatic heterocycles. The van der Waals surface area contributed by atoms with Crippen LogP contribution in [0.2, 0.25) is 0 Å². The lowest BCUT2D eigenvalue weighted by Gasteiger charge is -2.11. The molecule has 1 fully saturated rings. The van der Waals surface area contributed by atoms with Crippen molar-refractivity contribution < 1.29 is 0 Å². The van der Waals surface area contributed by atoms with Crippen LogP contribution < -0.4 is 5.32 Å². The topological polar surface area (TPSA) is 37.8 Å². The molecule has 0 amide bonds. The molecule has 0 saturated heterocycles. The smallest absolute Gasteiger partial charge is 0.141 e. The van der Waals surface area contributed by atoms with Gasteiger partial charge in [-0.2, -0.15) is 0 Å². The van der Waals surface area contributed by atoms with Gasteiger partial charge >= 0.3 is 0 Å². The highest BCUT2D eigenvalue weighted by molar-refractivity contribution is 6.18. The standard InChI is InChI=1S/C10H14ClN3/c11-7-10(2-3-10)8-12-6-9-13-4-1-5-14-9/h1,4-5,12H,2-3,6-8H2. The van der Waals surface area contributed by atoms with Crippen molar-refractivity contribution in [2.75, 3.05) is 12.4 Å². The molecule has 1 aromatic heterocycles. The second kappa shape index (κ2) is 4.24. The van der Waals surface area contributed by atoms with E-state index in [0.717, 1.165) is 24.8 Å². The molecular formula is C10H14ClN3. The molecule has 0 unspecified atom stereocenters. The summed E-state index contributed by atoms with van der Waals surface area (Å²) in [6.45, 7) is 1.72. The third-order valence-corrected chi connectivity index (χ3v) is 3.21. The van der Waals surface area contributed by atoms with Crippen molar-refractivity contribution in [3.63, 3.8) is 0 Å². The molecule has 1 N–H and O–H groups in total. The molecule has 4 heteroatoms. The highest BCUT2D eigenvalue weighted by atomic mass is 35.5. The van der Waals surface area contributed by atoms with Crippen molar-refractivity contribution in [3.8, 4) is 0 Å². The highest BCUT2D eigenvalue weighted by Gasteiger charge is 2.41. The second-order valence-corrected chi connectivity index (χ2v) is 4.17. The van der Waals surface area contributed by atoms with Gasteiger partial charge in [0.25, 0.3) is 0 Å². The van der Waals surface area contributed by atoms with E-state index < -0.39 is 0 Å². The number of rotatable bonds is 5. The average Bonchev–Trinajstić information content (AvgIpc) is 3.00. The van der Waals surface area contributed by atoms with E-state index in [0.29, 0.717) is 5.41 Å². The highest BCUT2D eigenvalue weighted by Crippen LogP contribution is 2.45. The van der Waals surface area contributed by atoms with Crippen LogP contribution in [0.5, 0.6) is 0 Å². The quantitative estimate of drug-likeness (QED) is 0.752. The Morgan fingerprint density at radius 2 is 2.07 bits per heavy atom. The van der Waals surface area contributed by atoms with Crippen LogP contribution in [0.25, 0.3) is 0 Å². The van der Waals surface area contributed by atoms with E-state index in [1.165, 1.54) is 12.8 Å². The van der Waals surface area contributed by atoms with Crippen LogP contribution in [0.1, 0.15) is 18.7 Å². The van der Waals surface area contributed by atoms with Gasteiger partial charge in [0.2, 0.25) is 0 Å². The minimum atomic E-state index is 0.371. The largest absolute Gasteiger partial charge is 0.309 e. The summed E-state index contributed by atoms with van der Waals surface area (Å²) in [6, 6.07) is 1.82. The molecule has 0 atom stereocenters. The van der Waals surface area contributed by atoms with Crippen LogP contribution in [-0.4, -0.2) is 22.4 Å². The Kier molecular flexibility index (Phi) is 2.99. The normalized spacial score (nSPS) is 18.1. The van der Waals surface area contributed by atoms with Gasteiger partial charge in [-0.15, -0.1) is 11.6 Å². The lowest BCUT2D eigenvalue weighted by Crippen LogP contribution is -2.25. The number of halogens is 1. The Labute approximate surface area is 88.9 Å². The Balaban J connectivity index is 1.73. The summed E-state index contributed by atoms with van der Waals surface area (Å²) in [5, 5.41) is 3.35. The third-order valence-electron chi connectivity index (χ3n) is 2.64. The lowest BCUT2D eigenvalue weighted by molar-refractivity contribution is 0.498. The molecular weight excluding hydrogens is 198 g/mol. The van der Waals surface area contributed by atoms with Gasteiger partial charge in [-0.1, -0.05) is 0 Å². The zero-order chi connectivity index (χ0) is 9.86. The van der Waals surface area contributed by atoms with Gasteiger partial charge in [0, 0.05) is 24.8 Å². The Morgan fingerprint density at radius 1 is 1.36 bits per heavy atom. The summed E-state index contributed by atoms with van der Waals surface area (Å²) < 4.78 is 0. The molecule has 2 rings (SSSR count). The lowest BCUT2D eigenvalue weighted by atomic mass is 10.1. The molecule has 0 spiro atoms. The number of hydrogen-bond donors (Lipinski definition) is 1. The molecule has 14 heavy (non-hydrogen) atoms. The predicted octanol–water partition coefficient (Wildman–Crippen LogP) is 1.59. The fraction of sp³-hybridized carbons (Fsp3) is 0.600. The zero-order valence-corrected chi connectivity index (χ0v) is 8.80. The molecule has 3 nitrogen and oxygen atoms in total. The van der Waals surface area contributed by atoms with Gasteiger partial charge in [0.1, 0.15) is 5.82 Å². The van der Waals surface area contributed by atoms with E-state index in [1.807, 2.05) is 6.07 Å². The van der Waals surface area contributed by atoms with Crippen LogP contribution in [0, 0.1) is 5.41 Å². The fourth-order valence-electron chi connectivity index (χ4n) is 1.40. The van der Waals surface area contributed by atoms with Gasteiger partial charge in [-0.25, -0.2) is 9.97 Å². The second-order valence-electron chi connectivity index (χ2n) is 3.90. The van der Waals surface area contributed by atoms with E-state index in [2.05, 4.69) is 15.3 Å². The van der Waals surface area contributed by atoms with Gasteiger partial charge in [0.05, 0.1) is 6.54 Å². The number of aromatic nitrogens is 2. The molecule has 1 aromatic rings. The maximum Gasteiger partial charge on any atom is 0.141 e. The van der Waals surface area contributed by atoms with E-state index in [-0.39, 0.29) is 0 Å². The minimum Gasteiger partial charge on any atom is -0.309 e. The first-order chi connectivity index (χ1) is 6.85. The summed E-state index contributed by atoms with van der Waals surface area (Å²) >= 11 is 5.87. The van der Waals surface area contributed by atoms with Gasteiger partial charge in [-0.3, -0.25) is 0 Å². The van der Waals surface area contributed by atoms with Gasteiger partial charge in [0.15, 0.2) is 0 Å². The van der Waals surface area contributed by atoms with Crippen molar-refractivity contribution in [2.45, 2.75) is 19.4 Å². The average molecular weight is 212 g/mol. The Bertz CT molecular complexity index is 285. The third kappa shape index (κ3) is 2.42. The van der Waals surface area contributed by atoms with Crippen LogP contribution in [0.15, 0.2) is 18.5 Å². The number of alkyl halides is 1. The maximum atomic E-state index is 5.87. The van der Waals surface area contributed by atoms with Crippen LogP contribution in [-0.2, 0) is 6.54 Å². The first-order valence-electron chi connectivity index (χ1n) is 4.87. The number of hydrogen-bond acceptors (Lipinski definition) is 3.